The Labute approximate surface area is 164 Å². The first-order valence-electron chi connectivity index (χ1n) is 8.86. The summed E-state index contributed by atoms with van der Waals surface area (Å²) in [5, 5.41) is 15.2. The van der Waals surface area contributed by atoms with Crippen LogP contribution in [0.5, 0.6) is 0 Å². The fourth-order valence-corrected chi connectivity index (χ4v) is 2.66. The third-order valence-electron chi connectivity index (χ3n) is 4.26. The summed E-state index contributed by atoms with van der Waals surface area (Å²) < 4.78 is 76.7. The molecule has 0 saturated heterocycles. The minimum Gasteiger partial charge on any atom is -0.372 e. The second-order valence-electron chi connectivity index (χ2n) is 6.47. The van der Waals surface area contributed by atoms with Crippen LogP contribution in [-0.4, -0.2) is 35.6 Å². The number of aromatic nitrogens is 1. The first kappa shape index (κ1) is 23.0. The third kappa shape index (κ3) is 6.90. The molecule has 1 aromatic carbocycles. The van der Waals surface area contributed by atoms with Crippen LogP contribution < -0.4 is 10.6 Å². The van der Waals surface area contributed by atoms with Gasteiger partial charge in [0.1, 0.15) is 6.23 Å². The molecule has 10 heteroatoms. The molecule has 0 fully saturated rings. The predicted molar refractivity (Wildman–Crippen MR) is 97.0 cm³/mol. The van der Waals surface area contributed by atoms with Crippen LogP contribution in [0.2, 0.25) is 0 Å². The van der Waals surface area contributed by atoms with Crippen molar-refractivity contribution in [1.29, 1.82) is 0 Å². The zero-order valence-electron chi connectivity index (χ0n) is 15.5. The predicted octanol–water partition coefficient (Wildman–Crippen LogP) is 4.68. The molecule has 3 N–H and O–H groups in total. The van der Waals surface area contributed by atoms with E-state index in [2.05, 4.69) is 15.6 Å². The van der Waals surface area contributed by atoms with E-state index in [1.807, 2.05) is 0 Å². The number of hydrogen-bond acceptors (Lipinski definition) is 4. The van der Waals surface area contributed by atoms with Crippen LogP contribution in [0.1, 0.15) is 18.9 Å². The number of benzene rings is 1. The molecule has 0 bridgehead atoms. The summed E-state index contributed by atoms with van der Waals surface area (Å²) in [5.41, 5.74) is 0.0514. The number of nitrogens with zero attached hydrogens (tertiary/aromatic N) is 1. The average Bonchev–Trinajstić information content (AvgIpc) is 2.64. The zero-order valence-corrected chi connectivity index (χ0v) is 15.5. The lowest BCUT2D eigenvalue weighted by Gasteiger charge is -2.21. The molecule has 0 amide bonds. The van der Waals surface area contributed by atoms with Gasteiger partial charge < -0.3 is 15.7 Å². The van der Waals surface area contributed by atoms with Gasteiger partial charge in [-0.15, -0.1) is 0 Å². The second kappa shape index (κ2) is 9.45. The molecule has 29 heavy (non-hydrogen) atoms. The third-order valence-corrected chi connectivity index (χ3v) is 4.26. The van der Waals surface area contributed by atoms with Crippen molar-refractivity contribution in [3.05, 3.63) is 48.2 Å². The van der Waals surface area contributed by atoms with E-state index in [4.69, 9.17) is 0 Å². The molecule has 1 aromatic heterocycles. The molecule has 0 aliphatic heterocycles. The highest BCUT2D eigenvalue weighted by Gasteiger charge is 2.37. The Balaban J connectivity index is 1.99. The maximum absolute atomic E-state index is 12.9. The lowest BCUT2D eigenvalue weighted by Crippen LogP contribution is -2.39. The van der Waals surface area contributed by atoms with Gasteiger partial charge in [0.05, 0.1) is 17.2 Å². The van der Waals surface area contributed by atoms with Crippen molar-refractivity contribution in [3.63, 3.8) is 0 Å². The minimum absolute atomic E-state index is 0.0786. The van der Waals surface area contributed by atoms with E-state index in [1.165, 1.54) is 37.4 Å². The van der Waals surface area contributed by atoms with Gasteiger partial charge in [-0.2, -0.15) is 26.3 Å². The lowest BCUT2D eigenvalue weighted by molar-refractivity contribution is -0.174. The molecule has 2 rings (SSSR count). The minimum atomic E-state index is -4.49. The van der Waals surface area contributed by atoms with Gasteiger partial charge in [0.15, 0.2) is 0 Å². The maximum atomic E-state index is 12.9. The summed E-state index contributed by atoms with van der Waals surface area (Å²) in [6.07, 6.45) is -8.72. The monoisotopic (exact) mass is 421 g/mol. The molecule has 1 heterocycles. The van der Waals surface area contributed by atoms with E-state index in [0.717, 1.165) is 12.1 Å². The van der Waals surface area contributed by atoms with E-state index in [-0.39, 0.29) is 30.8 Å². The van der Waals surface area contributed by atoms with Crippen molar-refractivity contribution < 1.29 is 31.4 Å². The van der Waals surface area contributed by atoms with Crippen molar-refractivity contribution in [2.75, 3.05) is 18.4 Å². The van der Waals surface area contributed by atoms with Gasteiger partial charge in [-0.3, -0.25) is 4.98 Å². The van der Waals surface area contributed by atoms with Crippen molar-refractivity contribution >= 4 is 5.69 Å². The molecule has 2 aromatic rings. The van der Waals surface area contributed by atoms with E-state index < -0.39 is 30.1 Å². The summed E-state index contributed by atoms with van der Waals surface area (Å²) >= 11 is 0. The molecule has 0 spiro atoms. The number of aliphatic hydroxyl groups excluding tert-OH is 1. The van der Waals surface area contributed by atoms with Crippen molar-refractivity contribution in [3.8, 4) is 11.3 Å². The first-order chi connectivity index (χ1) is 13.5. The van der Waals surface area contributed by atoms with Gasteiger partial charge in [-0.05, 0) is 30.7 Å². The standard InChI is InChI=1S/C19H21F6N3O/c1-2-13(18(20,21)22)10-26-11-17(29)28-15-6-7-27-16(9-15)12-4-3-5-14(8-12)19(23,24)25/h3-9,13,17,26,29H,2,10-11H2,1H3,(H,27,28). The van der Waals surface area contributed by atoms with Gasteiger partial charge in [0, 0.05) is 30.5 Å². The first-order valence-corrected chi connectivity index (χ1v) is 8.86. The molecule has 160 valence electrons. The Hall–Kier alpha value is -2.33. The summed E-state index contributed by atoms with van der Waals surface area (Å²) in [5.74, 6) is -1.51. The van der Waals surface area contributed by atoms with Crippen LogP contribution in [0.3, 0.4) is 0 Å². The molecule has 2 unspecified atom stereocenters. The van der Waals surface area contributed by atoms with Crippen LogP contribution in [0, 0.1) is 5.92 Å². The molecule has 2 atom stereocenters. The smallest absolute Gasteiger partial charge is 0.372 e. The molecular weight excluding hydrogens is 400 g/mol. The Morgan fingerprint density at radius 2 is 1.76 bits per heavy atom. The Bertz CT molecular complexity index is 794. The number of anilines is 1. The summed E-state index contributed by atoms with van der Waals surface area (Å²) in [4.78, 5) is 4.03. The van der Waals surface area contributed by atoms with E-state index in [0.29, 0.717) is 5.69 Å². The van der Waals surface area contributed by atoms with Crippen molar-refractivity contribution in [1.82, 2.24) is 10.3 Å². The summed E-state index contributed by atoms with van der Waals surface area (Å²) in [7, 11) is 0. The van der Waals surface area contributed by atoms with Crippen LogP contribution in [0.25, 0.3) is 11.3 Å². The average molecular weight is 421 g/mol. The number of pyridine rings is 1. The number of alkyl halides is 6. The number of rotatable bonds is 8. The number of aliphatic hydroxyl groups is 1. The number of halogens is 6. The van der Waals surface area contributed by atoms with Crippen molar-refractivity contribution in [2.24, 2.45) is 5.92 Å². The lowest BCUT2D eigenvalue weighted by atomic mass is 10.1. The molecule has 0 saturated carbocycles. The largest absolute Gasteiger partial charge is 0.416 e. The van der Waals surface area contributed by atoms with Crippen LogP contribution in [0.4, 0.5) is 32.0 Å². The fraction of sp³-hybridized carbons (Fsp3) is 0.421. The van der Waals surface area contributed by atoms with Crippen LogP contribution in [-0.2, 0) is 6.18 Å². The SMILES string of the molecule is CCC(CNCC(O)Nc1ccnc(-c2cccc(C(F)(F)F)c2)c1)C(F)(F)F. The normalized spacial score (nSPS) is 14.5. The van der Waals surface area contributed by atoms with E-state index in [1.54, 1.807) is 0 Å². The quantitative estimate of drug-likeness (QED) is 0.428. The van der Waals surface area contributed by atoms with Crippen LogP contribution >= 0.6 is 0 Å². The van der Waals surface area contributed by atoms with Gasteiger partial charge in [0.25, 0.3) is 0 Å². The summed E-state index contributed by atoms with van der Waals surface area (Å²) in [6.45, 7) is 0.957. The highest BCUT2D eigenvalue weighted by atomic mass is 19.4. The van der Waals surface area contributed by atoms with Gasteiger partial charge in [-0.25, -0.2) is 0 Å². The highest BCUT2D eigenvalue weighted by molar-refractivity contribution is 5.64. The Morgan fingerprint density at radius 3 is 2.38 bits per heavy atom. The van der Waals surface area contributed by atoms with Crippen LogP contribution in [0.15, 0.2) is 42.6 Å². The van der Waals surface area contributed by atoms with Gasteiger partial charge in [0.2, 0.25) is 0 Å². The molecule has 0 radical (unpaired) electrons. The van der Waals surface area contributed by atoms with Gasteiger partial charge in [-0.1, -0.05) is 19.1 Å². The fourth-order valence-electron chi connectivity index (χ4n) is 2.66. The van der Waals surface area contributed by atoms with Crippen molar-refractivity contribution in [2.45, 2.75) is 31.9 Å². The Morgan fingerprint density at radius 1 is 1.03 bits per heavy atom. The van der Waals surface area contributed by atoms with E-state index >= 15 is 0 Å². The molecule has 4 nitrogen and oxygen atoms in total. The topological polar surface area (TPSA) is 57.2 Å². The maximum Gasteiger partial charge on any atom is 0.416 e. The Kier molecular flexibility index (Phi) is 7.48. The molecule has 0 aliphatic rings. The second-order valence-corrected chi connectivity index (χ2v) is 6.47. The molecule has 0 aliphatic carbocycles. The molecular formula is C19H21F6N3O. The highest BCUT2D eigenvalue weighted by Crippen LogP contribution is 2.32. The zero-order chi connectivity index (χ0) is 21.7. The number of nitrogens with one attached hydrogen (secondary N) is 2. The van der Waals surface area contributed by atoms with Gasteiger partial charge >= 0.3 is 12.4 Å². The van der Waals surface area contributed by atoms with E-state index in [9.17, 15) is 31.4 Å². The number of hydrogen-bond donors (Lipinski definition) is 3. The summed E-state index contributed by atoms with van der Waals surface area (Å²) in [6, 6.07) is 7.59.